The first-order chi connectivity index (χ1) is 5.70. The monoisotopic (exact) mass is 234 g/mol. The van der Waals surface area contributed by atoms with E-state index in [1.165, 1.54) is 0 Å². The van der Waals surface area contributed by atoms with E-state index < -0.39 is 0 Å². The van der Waals surface area contributed by atoms with Gasteiger partial charge >= 0.3 is 0 Å². The van der Waals surface area contributed by atoms with Crippen molar-refractivity contribution < 1.29 is 4.74 Å². The van der Waals surface area contributed by atoms with Crippen LogP contribution in [0, 0.1) is 0 Å². The molecule has 0 amide bonds. The fourth-order valence-corrected chi connectivity index (χ4v) is 0.994. The van der Waals surface area contributed by atoms with Crippen molar-refractivity contribution >= 4 is 15.9 Å². The molecule has 0 N–H and O–H groups in total. The van der Waals surface area contributed by atoms with Crippen LogP contribution in [-0.4, -0.2) is 0 Å². The lowest BCUT2D eigenvalue weighted by Crippen LogP contribution is -1.81. The fraction of sp³-hybridized carbons (Fsp3) is 0.600. The Kier molecular flexibility index (Phi) is 12.8. The van der Waals surface area contributed by atoms with Crippen molar-refractivity contribution in [3.05, 3.63) is 22.6 Å². The van der Waals surface area contributed by atoms with E-state index in [9.17, 15) is 0 Å². The SMILES string of the molecule is C/C=C(/C)O/C(Br)=C\CC.CC. The quantitative estimate of drug-likeness (QED) is 0.649. The molecular formula is C10H19BrO. The number of hydrogen-bond donors (Lipinski definition) is 0. The highest BCUT2D eigenvalue weighted by Crippen LogP contribution is 2.12. The lowest BCUT2D eigenvalue weighted by atomic mass is 10.5. The number of rotatable bonds is 3. The second-order valence-electron chi connectivity index (χ2n) is 1.92. The maximum absolute atomic E-state index is 5.28. The Hall–Kier alpha value is -0.240. The summed E-state index contributed by atoms with van der Waals surface area (Å²) in [5.74, 6) is 0.913. The molecule has 0 spiro atoms. The molecule has 0 atom stereocenters. The van der Waals surface area contributed by atoms with Gasteiger partial charge in [-0.25, -0.2) is 0 Å². The summed E-state index contributed by atoms with van der Waals surface area (Å²) in [7, 11) is 0. The Bertz CT molecular complexity index is 148. The molecule has 0 aromatic heterocycles. The first-order valence-electron chi connectivity index (χ1n) is 4.37. The van der Waals surface area contributed by atoms with Gasteiger partial charge in [-0.05, 0) is 48.4 Å². The molecule has 0 saturated heterocycles. The predicted molar refractivity (Wildman–Crippen MR) is 59.2 cm³/mol. The van der Waals surface area contributed by atoms with Gasteiger partial charge in [0.05, 0.1) is 5.76 Å². The Morgan fingerprint density at radius 1 is 1.42 bits per heavy atom. The van der Waals surface area contributed by atoms with E-state index in [4.69, 9.17) is 4.74 Å². The van der Waals surface area contributed by atoms with E-state index >= 15 is 0 Å². The second kappa shape index (κ2) is 10.8. The second-order valence-corrected chi connectivity index (χ2v) is 2.70. The minimum absolute atomic E-state index is 0.797. The molecule has 0 rings (SSSR count). The fourth-order valence-electron chi connectivity index (χ4n) is 0.415. The summed E-state index contributed by atoms with van der Waals surface area (Å²) in [6, 6.07) is 0. The molecule has 0 bridgehead atoms. The zero-order chi connectivity index (χ0) is 9.98. The molecule has 0 aromatic carbocycles. The summed E-state index contributed by atoms with van der Waals surface area (Å²) < 4.78 is 6.08. The first kappa shape index (κ1) is 14.3. The van der Waals surface area contributed by atoms with Gasteiger partial charge in [-0.2, -0.15) is 0 Å². The summed E-state index contributed by atoms with van der Waals surface area (Å²) in [4.78, 5) is 0. The molecular weight excluding hydrogens is 216 g/mol. The molecule has 0 fully saturated rings. The summed E-state index contributed by atoms with van der Waals surface area (Å²) in [6.45, 7) is 9.93. The number of halogens is 1. The van der Waals surface area contributed by atoms with E-state index in [0.29, 0.717) is 0 Å². The number of ether oxygens (including phenoxy) is 1. The Morgan fingerprint density at radius 3 is 2.25 bits per heavy atom. The van der Waals surface area contributed by atoms with Crippen LogP contribution in [0.3, 0.4) is 0 Å². The van der Waals surface area contributed by atoms with Gasteiger partial charge in [0.25, 0.3) is 0 Å². The smallest absolute Gasteiger partial charge is 0.165 e. The Morgan fingerprint density at radius 2 is 1.92 bits per heavy atom. The van der Waals surface area contributed by atoms with Crippen molar-refractivity contribution in [3.8, 4) is 0 Å². The molecule has 2 heteroatoms. The minimum atomic E-state index is 0.797. The molecule has 0 aromatic rings. The van der Waals surface area contributed by atoms with Gasteiger partial charge < -0.3 is 4.74 Å². The van der Waals surface area contributed by atoms with Gasteiger partial charge in [0.1, 0.15) is 0 Å². The lowest BCUT2D eigenvalue weighted by molar-refractivity contribution is 0.341. The van der Waals surface area contributed by atoms with Gasteiger partial charge in [-0.1, -0.05) is 20.8 Å². The molecule has 1 nitrogen and oxygen atoms in total. The number of hydrogen-bond acceptors (Lipinski definition) is 1. The van der Waals surface area contributed by atoms with Crippen LogP contribution in [0.4, 0.5) is 0 Å². The van der Waals surface area contributed by atoms with Crippen LogP contribution in [0.25, 0.3) is 0 Å². The van der Waals surface area contributed by atoms with Crippen LogP contribution in [-0.2, 0) is 4.74 Å². The summed E-state index contributed by atoms with van der Waals surface area (Å²) in [5, 5.41) is 0. The molecule has 0 heterocycles. The average molecular weight is 235 g/mol. The van der Waals surface area contributed by atoms with Gasteiger partial charge in [0.15, 0.2) is 4.67 Å². The highest BCUT2D eigenvalue weighted by molar-refractivity contribution is 9.11. The molecule has 0 aliphatic carbocycles. The molecule has 0 unspecified atom stereocenters. The highest BCUT2D eigenvalue weighted by Gasteiger charge is 1.90. The van der Waals surface area contributed by atoms with Crippen LogP contribution in [0.1, 0.15) is 41.0 Å². The van der Waals surface area contributed by atoms with Crippen LogP contribution in [0.5, 0.6) is 0 Å². The van der Waals surface area contributed by atoms with E-state index in [0.717, 1.165) is 16.8 Å². The van der Waals surface area contributed by atoms with E-state index in [2.05, 4.69) is 22.9 Å². The lowest BCUT2D eigenvalue weighted by Gasteiger charge is -2.01. The van der Waals surface area contributed by atoms with Crippen LogP contribution in [0.15, 0.2) is 22.6 Å². The minimum Gasteiger partial charge on any atom is -0.455 e. The van der Waals surface area contributed by atoms with Crippen molar-refractivity contribution in [2.45, 2.75) is 41.0 Å². The third kappa shape index (κ3) is 9.76. The molecule has 0 aliphatic rings. The predicted octanol–water partition coefficient (Wildman–Crippen LogP) is 4.60. The molecule has 0 saturated carbocycles. The third-order valence-electron chi connectivity index (χ3n) is 1.03. The Labute approximate surface area is 84.6 Å². The zero-order valence-electron chi connectivity index (χ0n) is 8.65. The van der Waals surface area contributed by atoms with Crippen LogP contribution in [0.2, 0.25) is 0 Å². The van der Waals surface area contributed by atoms with Crippen molar-refractivity contribution in [2.24, 2.45) is 0 Å². The van der Waals surface area contributed by atoms with Crippen LogP contribution >= 0.6 is 15.9 Å². The maximum Gasteiger partial charge on any atom is 0.165 e. The summed E-state index contributed by atoms with van der Waals surface area (Å²) >= 11 is 3.28. The third-order valence-corrected chi connectivity index (χ3v) is 1.52. The highest BCUT2D eigenvalue weighted by atomic mass is 79.9. The molecule has 72 valence electrons. The van der Waals surface area contributed by atoms with Crippen molar-refractivity contribution in [3.63, 3.8) is 0 Å². The Balaban J connectivity index is 0. The van der Waals surface area contributed by atoms with Gasteiger partial charge in [-0.15, -0.1) is 0 Å². The zero-order valence-corrected chi connectivity index (χ0v) is 10.2. The molecule has 0 radical (unpaired) electrons. The van der Waals surface area contributed by atoms with Crippen molar-refractivity contribution in [1.29, 1.82) is 0 Å². The van der Waals surface area contributed by atoms with Gasteiger partial charge in [0, 0.05) is 0 Å². The molecule has 0 aliphatic heterocycles. The summed E-state index contributed by atoms with van der Waals surface area (Å²) in [6.07, 6.45) is 4.88. The van der Waals surface area contributed by atoms with Crippen molar-refractivity contribution in [1.82, 2.24) is 0 Å². The van der Waals surface area contributed by atoms with Gasteiger partial charge in [-0.3, -0.25) is 0 Å². The van der Waals surface area contributed by atoms with Crippen molar-refractivity contribution in [2.75, 3.05) is 0 Å². The van der Waals surface area contributed by atoms with E-state index in [1.54, 1.807) is 0 Å². The van der Waals surface area contributed by atoms with Crippen LogP contribution < -0.4 is 0 Å². The topological polar surface area (TPSA) is 9.23 Å². The van der Waals surface area contributed by atoms with E-state index in [-0.39, 0.29) is 0 Å². The largest absolute Gasteiger partial charge is 0.455 e. The maximum atomic E-state index is 5.28. The van der Waals surface area contributed by atoms with Gasteiger partial charge in [0.2, 0.25) is 0 Å². The standard InChI is InChI=1S/C8H13BrO.C2H6/c1-4-6-8(9)10-7(3)5-2;1-2/h5-6H,4H2,1-3H3;1-2H3/b7-5-,8-6-;. The number of allylic oxidation sites excluding steroid dienone is 3. The summed E-state index contributed by atoms with van der Waals surface area (Å²) in [5.41, 5.74) is 0. The average Bonchev–Trinajstić information content (AvgIpc) is 2.08. The first-order valence-corrected chi connectivity index (χ1v) is 5.16. The molecule has 12 heavy (non-hydrogen) atoms. The van der Waals surface area contributed by atoms with E-state index in [1.807, 2.05) is 39.8 Å². The normalized spacial score (nSPS) is 11.8.